The Hall–Kier alpha value is 0.350. The van der Waals surface area contributed by atoms with Crippen molar-refractivity contribution in [3.05, 3.63) is 0 Å². The third-order valence-electron chi connectivity index (χ3n) is 4.81. The summed E-state index contributed by atoms with van der Waals surface area (Å²) in [6.45, 7) is 0. The largest absolute Gasteiger partial charge is 0.179 e. The van der Waals surface area contributed by atoms with Crippen LogP contribution in [0.15, 0.2) is 0 Å². The Kier molecular flexibility index (Phi) is 1.72. The van der Waals surface area contributed by atoms with Gasteiger partial charge in [-0.1, -0.05) is 0 Å². The highest BCUT2D eigenvalue weighted by Crippen LogP contribution is 2.60. The number of thiol groups is 1. The maximum atomic E-state index is 4.49. The molecule has 3 aliphatic carbocycles. The van der Waals surface area contributed by atoms with E-state index in [4.69, 9.17) is 0 Å². The molecule has 0 aromatic rings. The van der Waals surface area contributed by atoms with Crippen LogP contribution in [-0.2, 0) is 0 Å². The molecule has 3 fully saturated rings. The van der Waals surface area contributed by atoms with Gasteiger partial charge in [0.05, 0.1) is 0 Å². The minimum Gasteiger partial charge on any atom is -0.179 e. The average molecular weight is 182 g/mol. The van der Waals surface area contributed by atoms with E-state index in [1.54, 1.807) is 19.3 Å². The quantitative estimate of drug-likeness (QED) is 0.592. The summed E-state index contributed by atoms with van der Waals surface area (Å²) in [5.74, 6) is 6.67. The first kappa shape index (κ1) is 7.73. The molecule has 0 spiro atoms. The van der Waals surface area contributed by atoms with Crippen LogP contribution in [0.3, 0.4) is 0 Å². The molecular weight excluding hydrogens is 164 g/mol. The van der Waals surface area contributed by atoms with Crippen molar-refractivity contribution in [2.75, 3.05) is 5.75 Å². The van der Waals surface area contributed by atoms with Crippen molar-refractivity contribution in [3.8, 4) is 0 Å². The smallest absolute Gasteiger partial charge is 0.00666 e. The number of hydrogen-bond acceptors (Lipinski definition) is 1. The summed E-state index contributed by atoms with van der Waals surface area (Å²) >= 11 is 4.49. The minimum absolute atomic E-state index is 0.994. The topological polar surface area (TPSA) is 0 Å². The maximum absolute atomic E-state index is 4.49. The summed E-state index contributed by atoms with van der Waals surface area (Å²) in [4.78, 5) is 0. The zero-order chi connectivity index (χ0) is 8.13. The summed E-state index contributed by atoms with van der Waals surface area (Å²) in [6, 6.07) is 0. The highest BCUT2D eigenvalue weighted by molar-refractivity contribution is 7.80. The molecule has 3 rings (SSSR count). The van der Waals surface area contributed by atoms with Gasteiger partial charge in [0.2, 0.25) is 0 Å². The van der Waals surface area contributed by atoms with Gasteiger partial charge < -0.3 is 0 Å². The Balaban J connectivity index is 1.85. The van der Waals surface area contributed by atoms with Crippen LogP contribution in [0.4, 0.5) is 0 Å². The van der Waals surface area contributed by atoms with Crippen LogP contribution in [0.25, 0.3) is 0 Å². The average Bonchev–Trinajstić information content (AvgIpc) is 2.76. The lowest BCUT2D eigenvalue weighted by Gasteiger charge is -2.28. The Morgan fingerprint density at radius 2 is 1.83 bits per heavy atom. The highest BCUT2D eigenvalue weighted by atomic mass is 32.1. The predicted octanol–water partition coefficient (Wildman–Crippen LogP) is 2.99. The van der Waals surface area contributed by atoms with Gasteiger partial charge in [-0.2, -0.15) is 12.6 Å². The fraction of sp³-hybridized carbons (Fsp3) is 1.00. The van der Waals surface area contributed by atoms with Gasteiger partial charge in [-0.15, -0.1) is 0 Å². The van der Waals surface area contributed by atoms with Crippen LogP contribution < -0.4 is 0 Å². The summed E-state index contributed by atoms with van der Waals surface area (Å²) in [6.07, 6.45) is 7.73. The molecule has 0 N–H and O–H groups in total. The molecule has 0 saturated heterocycles. The fourth-order valence-electron chi connectivity index (χ4n) is 4.43. The van der Waals surface area contributed by atoms with Crippen molar-refractivity contribution < 1.29 is 0 Å². The number of hydrogen-bond donors (Lipinski definition) is 1. The predicted molar refractivity (Wildman–Crippen MR) is 54.4 cm³/mol. The van der Waals surface area contributed by atoms with Gasteiger partial charge >= 0.3 is 0 Å². The molecule has 3 aliphatic rings. The van der Waals surface area contributed by atoms with E-state index in [9.17, 15) is 0 Å². The van der Waals surface area contributed by atoms with E-state index in [-0.39, 0.29) is 0 Å². The maximum Gasteiger partial charge on any atom is -0.00666 e. The monoisotopic (exact) mass is 182 g/mol. The molecule has 68 valence electrons. The van der Waals surface area contributed by atoms with Gasteiger partial charge in [-0.25, -0.2) is 0 Å². The van der Waals surface area contributed by atoms with E-state index < -0.39 is 0 Å². The summed E-state index contributed by atoms with van der Waals surface area (Å²) in [5.41, 5.74) is 0. The van der Waals surface area contributed by atoms with Crippen molar-refractivity contribution in [1.29, 1.82) is 0 Å². The molecule has 12 heavy (non-hydrogen) atoms. The second-order valence-electron chi connectivity index (χ2n) is 5.09. The van der Waals surface area contributed by atoms with Gasteiger partial charge in [0, 0.05) is 0 Å². The molecule has 2 bridgehead atoms. The third-order valence-corrected chi connectivity index (χ3v) is 5.28. The Morgan fingerprint density at radius 1 is 1.00 bits per heavy atom. The van der Waals surface area contributed by atoms with Crippen molar-refractivity contribution >= 4 is 12.6 Å². The summed E-state index contributed by atoms with van der Waals surface area (Å²) in [7, 11) is 0. The second kappa shape index (κ2) is 2.67. The standard InChI is InChI=1S/C11H18S/c12-6-9-3-4-10-7-1-2-8(5-7)11(9)10/h7-12H,1-6H2. The molecule has 0 amide bonds. The normalized spacial score (nSPS) is 56.2. The molecule has 3 saturated carbocycles. The lowest BCUT2D eigenvalue weighted by atomic mass is 9.78. The van der Waals surface area contributed by atoms with E-state index in [1.165, 1.54) is 12.8 Å². The van der Waals surface area contributed by atoms with Crippen LogP contribution in [0.1, 0.15) is 32.1 Å². The number of fused-ring (bicyclic) bond motifs is 5. The van der Waals surface area contributed by atoms with E-state index in [2.05, 4.69) is 12.6 Å². The fourth-order valence-corrected chi connectivity index (χ4v) is 4.86. The highest BCUT2D eigenvalue weighted by Gasteiger charge is 2.52. The number of rotatable bonds is 1. The lowest BCUT2D eigenvalue weighted by Crippen LogP contribution is -2.22. The van der Waals surface area contributed by atoms with Gasteiger partial charge in [0.25, 0.3) is 0 Å². The summed E-state index contributed by atoms with van der Waals surface area (Å²) in [5, 5.41) is 0. The van der Waals surface area contributed by atoms with E-state index in [1.807, 2.05) is 0 Å². The SMILES string of the molecule is SCC1CCC2C3CCC(C3)C12. The van der Waals surface area contributed by atoms with E-state index >= 15 is 0 Å². The van der Waals surface area contributed by atoms with Crippen LogP contribution in [0.5, 0.6) is 0 Å². The zero-order valence-electron chi connectivity index (χ0n) is 7.58. The first-order valence-corrected chi connectivity index (χ1v) is 6.14. The Bertz CT molecular complexity index is 187. The lowest BCUT2D eigenvalue weighted by molar-refractivity contribution is 0.223. The molecule has 0 aromatic carbocycles. The minimum atomic E-state index is 0.994. The van der Waals surface area contributed by atoms with Gasteiger partial charge in [-0.05, 0) is 67.4 Å². The zero-order valence-corrected chi connectivity index (χ0v) is 8.47. The molecule has 5 atom stereocenters. The first-order chi connectivity index (χ1) is 5.90. The molecule has 5 unspecified atom stereocenters. The second-order valence-corrected chi connectivity index (χ2v) is 5.46. The van der Waals surface area contributed by atoms with Crippen molar-refractivity contribution in [2.45, 2.75) is 32.1 Å². The molecular formula is C11H18S. The van der Waals surface area contributed by atoms with Crippen LogP contribution in [0, 0.1) is 29.6 Å². The van der Waals surface area contributed by atoms with Crippen LogP contribution >= 0.6 is 12.6 Å². The van der Waals surface area contributed by atoms with E-state index in [0.717, 1.165) is 35.3 Å². The molecule has 0 aliphatic heterocycles. The van der Waals surface area contributed by atoms with Crippen molar-refractivity contribution in [3.63, 3.8) is 0 Å². The molecule has 0 nitrogen and oxygen atoms in total. The van der Waals surface area contributed by atoms with Gasteiger partial charge in [0.1, 0.15) is 0 Å². The molecule has 0 aromatic heterocycles. The molecule has 1 heteroatoms. The first-order valence-electron chi connectivity index (χ1n) is 5.51. The van der Waals surface area contributed by atoms with E-state index in [0.29, 0.717) is 0 Å². The molecule has 0 heterocycles. The Labute approximate surface area is 80.5 Å². The van der Waals surface area contributed by atoms with Gasteiger partial charge in [0.15, 0.2) is 0 Å². The Morgan fingerprint density at radius 3 is 2.67 bits per heavy atom. The van der Waals surface area contributed by atoms with Crippen molar-refractivity contribution in [2.24, 2.45) is 29.6 Å². The van der Waals surface area contributed by atoms with Crippen LogP contribution in [0.2, 0.25) is 0 Å². The molecule has 0 radical (unpaired) electrons. The van der Waals surface area contributed by atoms with Crippen molar-refractivity contribution in [1.82, 2.24) is 0 Å². The van der Waals surface area contributed by atoms with Gasteiger partial charge in [-0.3, -0.25) is 0 Å². The van der Waals surface area contributed by atoms with Crippen LogP contribution in [-0.4, -0.2) is 5.75 Å². The summed E-state index contributed by atoms with van der Waals surface area (Å²) < 4.78 is 0. The third kappa shape index (κ3) is 0.865.